The van der Waals surface area contributed by atoms with Crippen LogP contribution in [0.2, 0.25) is 0 Å². The predicted molar refractivity (Wildman–Crippen MR) is 136 cm³/mol. The smallest absolute Gasteiger partial charge is 0.320 e. The normalized spacial score (nSPS) is 27.5. The minimum atomic E-state index is -0.0557. The Hall–Kier alpha value is -2.53. The fourth-order valence-corrected chi connectivity index (χ4v) is 6.50. The van der Waals surface area contributed by atoms with Gasteiger partial charge in [-0.2, -0.15) is 0 Å². The molecule has 2 saturated carbocycles. The second-order valence-corrected chi connectivity index (χ2v) is 10.9. The second-order valence-electron chi connectivity index (χ2n) is 10.9. The number of hydrogen-bond acceptors (Lipinski definition) is 3. The average Bonchev–Trinajstić information content (AvgIpc) is 3.07. The summed E-state index contributed by atoms with van der Waals surface area (Å²) in [6.07, 6.45) is 8.09. The summed E-state index contributed by atoms with van der Waals surface area (Å²) in [5, 5.41) is 0. The van der Waals surface area contributed by atoms with E-state index >= 15 is 0 Å². The van der Waals surface area contributed by atoms with Gasteiger partial charge in [-0.1, -0.05) is 48.9 Å². The zero-order chi connectivity index (χ0) is 23.8. The zero-order valence-corrected chi connectivity index (χ0v) is 21.0. The molecule has 5 heteroatoms. The summed E-state index contributed by atoms with van der Waals surface area (Å²) in [6, 6.07) is 19.3. The topological polar surface area (TPSA) is 36.0 Å². The summed E-state index contributed by atoms with van der Waals surface area (Å²) in [4.78, 5) is 20.6. The summed E-state index contributed by atoms with van der Waals surface area (Å²) >= 11 is 0. The third kappa shape index (κ3) is 4.08. The monoisotopic (exact) mass is 461 g/mol. The lowest BCUT2D eigenvalue weighted by molar-refractivity contribution is 0.0159. The van der Waals surface area contributed by atoms with E-state index in [2.05, 4.69) is 71.3 Å². The molecule has 0 N–H and O–H groups in total. The molecule has 0 aromatic heterocycles. The first-order valence-corrected chi connectivity index (χ1v) is 12.9. The molecule has 5 nitrogen and oxygen atoms in total. The number of hydrogen-bond donors (Lipinski definition) is 0. The molecule has 2 aromatic rings. The molecule has 34 heavy (non-hydrogen) atoms. The molecular formula is C29H39N3O2. The van der Waals surface area contributed by atoms with Crippen LogP contribution in [0.1, 0.15) is 56.1 Å². The van der Waals surface area contributed by atoms with Gasteiger partial charge in [-0.3, -0.25) is 4.90 Å². The molecule has 0 atom stereocenters. The summed E-state index contributed by atoms with van der Waals surface area (Å²) in [6.45, 7) is 2.40. The predicted octanol–water partition coefficient (Wildman–Crippen LogP) is 5.50. The third-order valence-corrected chi connectivity index (χ3v) is 8.91. The number of methoxy groups -OCH3 is 1. The van der Waals surface area contributed by atoms with E-state index in [0.717, 1.165) is 50.1 Å². The molecule has 182 valence electrons. The van der Waals surface area contributed by atoms with Crippen molar-refractivity contribution in [3.05, 3.63) is 65.7 Å². The van der Waals surface area contributed by atoms with E-state index in [1.165, 1.54) is 24.8 Å². The Morgan fingerprint density at radius 2 is 1.74 bits per heavy atom. The lowest BCUT2D eigenvalue weighted by Crippen LogP contribution is -2.56. The van der Waals surface area contributed by atoms with Crippen LogP contribution in [0.5, 0.6) is 5.75 Å². The van der Waals surface area contributed by atoms with Gasteiger partial charge < -0.3 is 14.5 Å². The van der Waals surface area contributed by atoms with Crippen LogP contribution in [0.4, 0.5) is 4.79 Å². The van der Waals surface area contributed by atoms with Crippen LogP contribution in [0, 0.1) is 5.92 Å². The first kappa shape index (κ1) is 23.2. The molecule has 1 saturated heterocycles. The van der Waals surface area contributed by atoms with Crippen molar-refractivity contribution in [1.29, 1.82) is 0 Å². The highest BCUT2D eigenvalue weighted by atomic mass is 16.5. The van der Waals surface area contributed by atoms with Crippen molar-refractivity contribution >= 4 is 6.03 Å². The largest absolute Gasteiger partial charge is 0.497 e. The van der Waals surface area contributed by atoms with Gasteiger partial charge in [0.05, 0.1) is 12.6 Å². The summed E-state index contributed by atoms with van der Waals surface area (Å²) in [7, 11) is 6.12. The number of rotatable bonds is 7. The summed E-state index contributed by atoms with van der Waals surface area (Å²) in [5.41, 5.74) is 2.52. The molecule has 1 heterocycles. The molecule has 3 aliphatic rings. The second kappa shape index (κ2) is 9.26. The van der Waals surface area contributed by atoms with Crippen LogP contribution in [-0.4, -0.2) is 60.6 Å². The van der Waals surface area contributed by atoms with Gasteiger partial charge in [0.2, 0.25) is 0 Å². The van der Waals surface area contributed by atoms with Crippen molar-refractivity contribution in [3.8, 4) is 5.75 Å². The first-order valence-electron chi connectivity index (χ1n) is 12.9. The van der Waals surface area contributed by atoms with Gasteiger partial charge in [-0.05, 0) is 81.8 Å². The number of ether oxygens (including phenoxy) is 1. The van der Waals surface area contributed by atoms with Crippen LogP contribution in [0.15, 0.2) is 54.6 Å². The van der Waals surface area contributed by atoms with Crippen molar-refractivity contribution in [3.63, 3.8) is 0 Å². The molecule has 2 aliphatic carbocycles. The fraction of sp³-hybridized carbons (Fsp3) is 0.552. The molecule has 2 amide bonds. The van der Waals surface area contributed by atoms with Crippen molar-refractivity contribution in [1.82, 2.24) is 14.7 Å². The number of amides is 2. The molecule has 2 aromatic carbocycles. The van der Waals surface area contributed by atoms with E-state index in [1.54, 1.807) is 7.11 Å². The molecular weight excluding hydrogens is 422 g/mol. The van der Waals surface area contributed by atoms with Gasteiger partial charge in [0, 0.05) is 25.2 Å². The van der Waals surface area contributed by atoms with E-state index in [9.17, 15) is 4.79 Å². The highest BCUT2D eigenvalue weighted by Crippen LogP contribution is 2.49. The minimum absolute atomic E-state index is 0.0396. The highest BCUT2D eigenvalue weighted by Gasteiger charge is 2.54. The Kier molecular flexibility index (Phi) is 6.32. The van der Waals surface area contributed by atoms with E-state index < -0.39 is 0 Å². The molecule has 1 aliphatic heterocycles. The van der Waals surface area contributed by atoms with E-state index in [0.29, 0.717) is 12.5 Å². The van der Waals surface area contributed by atoms with E-state index in [1.807, 2.05) is 12.1 Å². The van der Waals surface area contributed by atoms with E-state index in [-0.39, 0.29) is 17.1 Å². The van der Waals surface area contributed by atoms with Crippen LogP contribution < -0.4 is 4.74 Å². The van der Waals surface area contributed by atoms with Crippen molar-refractivity contribution in [2.24, 2.45) is 5.92 Å². The number of nitrogens with zero attached hydrogens (tertiary/aromatic N) is 3. The standard InChI is InChI=1S/C29H39N3O2/c1-30(2)29(25-12-5-4-6-13-25)17-15-28(16-18-29)22-31(20-24-11-8-14-26(19-24)34-3)27(33)32(28)21-23-9-7-10-23/h4-6,8,11-14,19,23H,7,9-10,15-18,20-22H2,1-3H3/t28-,29+. The Morgan fingerprint density at radius 3 is 2.35 bits per heavy atom. The lowest BCUT2D eigenvalue weighted by atomic mass is 9.68. The number of carbonyl (C=O) groups excluding carboxylic acids is 1. The SMILES string of the molecule is COc1cccc(CN2C[C@]3(CC[C@](c4ccccc4)(N(C)C)CC3)N(CC3CCC3)C2=O)c1. The molecule has 3 fully saturated rings. The van der Waals surface area contributed by atoms with Gasteiger partial charge in [0.25, 0.3) is 0 Å². The van der Waals surface area contributed by atoms with Crippen LogP contribution in [0.3, 0.4) is 0 Å². The van der Waals surface area contributed by atoms with E-state index in [4.69, 9.17) is 4.74 Å². The minimum Gasteiger partial charge on any atom is -0.497 e. The van der Waals surface area contributed by atoms with Gasteiger partial charge in [0.15, 0.2) is 0 Å². The zero-order valence-electron chi connectivity index (χ0n) is 21.0. The Bertz CT molecular complexity index is 993. The quantitative estimate of drug-likeness (QED) is 0.546. The number of carbonyl (C=O) groups is 1. The van der Waals surface area contributed by atoms with Crippen LogP contribution >= 0.6 is 0 Å². The Balaban J connectivity index is 1.40. The van der Waals surface area contributed by atoms with Gasteiger partial charge in [-0.25, -0.2) is 4.79 Å². The maximum absolute atomic E-state index is 13.8. The molecule has 5 rings (SSSR count). The average molecular weight is 462 g/mol. The Labute approximate surface area is 204 Å². The van der Waals surface area contributed by atoms with Gasteiger partial charge in [0.1, 0.15) is 5.75 Å². The lowest BCUT2D eigenvalue weighted by Gasteiger charge is -2.51. The highest BCUT2D eigenvalue weighted by molar-refractivity contribution is 5.78. The number of urea groups is 1. The first-order chi connectivity index (χ1) is 16.5. The maximum atomic E-state index is 13.8. The summed E-state index contributed by atoms with van der Waals surface area (Å²) in [5.74, 6) is 1.52. The summed E-state index contributed by atoms with van der Waals surface area (Å²) < 4.78 is 5.42. The number of benzene rings is 2. The van der Waals surface area contributed by atoms with Gasteiger partial charge in [-0.15, -0.1) is 0 Å². The fourth-order valence-electron chi connectivity index (χ4n) is 6.50. The molecule has 1 spiro atoms. The van der Waals surface area contributed by atoms with Crippen LogP contribution in [-0.2, 0) is 12.1 Å². The third-order valence-electron chi connectivity index (χ3n) is 8.91. The van der Waals surface area contributed by atoms with Crippen molar-refractivity contribution < 1.29 is 9.53 Å². The van der Waals surface area contributed by atoms with Crippen molar-refractivity contribution in [2.75, 3.05) is 34.3 Å². The molecule has 0 radical (unpaired) electrons. The van der Waals surface area contributed by atoms with Crippen molar-refractivity contribution in [2.45, 2.75) is 62.6 Å². The Morgan fingerprint density at radius 1 is 1.00 bits per heavy atom. The molecule has 0 unspecified atom stereocenters. The van der Waals surface area contributed by atoms with Gasteiger partial charge >= 0.3 is 6.03 Å². The molecule has 0 bridgehead atoms. The maximum Gasteiger partial charge on any atom is 0.320 e. The van der Waals surface area contributed by atoms with Crippen LogP contribution in [0.25, 0.3) is 0 Å².